The summed E-state index contributed by atoms with van der Waals surface area (Å²) in [7, 11) is -2.34. The average molecular weight is 224 g/mol. The molecule has 0 saturated heterocycles. The molecule has 1 aromatic carbocycles. The summed E-state index contributed by atoms with van der Waals surface area (Å²) in [4.78, 5) is -0.0591. The average Bonchev–Trinajstić information content (AvgIpc) is 2.17. The normalized spacial score (nSPS) is 11.9. The molecule has 0 atom stereocenters. The van der Waals surface area contributed by atoms with E-state index in [1.54, 1.807) is 29.0 Å². The highest BCUT2D eigenvalue weighted by atomic mass is 32.2. The first-order valence-electron chi connectivity index (χ1n) is 4.35. The van der Waals surface area contributed by atoms with E-state index in [0.29, 0.717) is 5.39 Å². The number of aromatic nitrogens is 1. The zero-order chi connectivity index (χ0) is 11.1. The second-order valence-electron chi connectivity index (χ2n) is 3.28. The van der Waals surface area contributed by atoms with Gasteiger partial charge in [0.2, 0.25) is 5.52 Å². The minimum Gasteiger partial charge on any atom is -0.282 e. The Morgan fingerprint density at radius 2 is 1.87 bits per heavy atom. The molecule has 0 aliphatic rings. The van der Waals surface area contributed by atoms with Gasteiger partial charge < -0.3 is 0 Å². The van der Waals surface area contributed by atoms with Gasteiger partial charge in [0, 0.05) is 12.1 Å². The zero-order valence-electron chi connectivity index (χ0n) is 8.08. The number of benzene rings is 1. The van der Waals surface area contributed by atoms with Gasteiger partial charge in [0.1, 0.15) is 11.9 Å². The first-order valence-corrected chi connectivity index (χ1v) is 5.79. The van der Waals surface area contributed by atoms with E-state index in [4.69, 9.17) is 4.55 Å². The molecule has 0 amide bonds. The van der Waals surface area contributed by atoms with Crippen LogP contribution in [0.3, 0.4) is 0 Å². The molecule has 0 aliphatic carbocycles. The molecule has 15 heavy (non-hydrogen) atoms. The number of rotatable bonds is 1. The van der Waals surface area contributed by atoms with Crippen LogP contribution in [0.15, 0.2) is 41.4 Å². The van der Waals surface area contributed by atoms with Gasteiger partial charge in [-0.05, 0) is 6.07 Å². The first-order chi connectivity index (χ1) is 7.00. The van der Waals surface area contributed by atoms with E-state index in [0.717, 1.165) is 5.52 Å². The van der Waals surface area contributed by atoms with E-state index in [-0.39, 0.29) is 4.90 Å². The number of pyridine rings is 1. The molecule has 0 saturated carbocycles. The maximum atomic E-state index is 11.1. The molecule has 0 aliphatic heterocycles. The summed E-state index contributed by atoms with van der Waals surface area (Å²) in [6.45, 7) is 0. The lowest BCUT2D eigenvalue weighted by Gasteiger charge is -2.01. The molecule has 2 rings (SSSR count). The summed E-state index contributed by atoms with van der Waals surface area (Å²) < 4.78 is 33.0. The van der Waals surface area contributed by atoms with Crippen molar-refractivity contribution in [3.05, 3.63) is 36.5 Å². The summed E-state index contributed by atoms with van der Waals surface area (Å²) in [5.74, 6) is 0. The van der Waals surface area contributed by atoms with E-state index in [1.165, 1.54) is 6.07 Å². The lowest BCUT2D eigenvalue weighted by atomic mass is 10.2. The molecule has 1 N–H and O–H groups in total. The largest absolute Gasteiger partial charge is 0.295 e. The Bertz CT molecular complexity index is 620. The number of hydrogen-bond donors (Lipinski definition) is 1. The minimum atomic E-state index is -4.16. The van der Waals surface area contributed by atoms with Crippen molar-refractivity contribution in [1.82, 2.24) is 0 Å². The SMILES string of the molecule is C[n+]1ccc(S(=O)(=O)O)c2ccccc21. The number of hydrogen-bond acceptors (Lipinski definition) is 2. The summed E-state index contributed by atoms with van der Waals surface area (Å²) in [5, 5.41) is 0.519. The van der Waals surface area contributed by atoms with Crippen LogP contribution in [0.5, 0.6) is 0 Å². The molecule has 5 heteroatoms. The monoisotopic (exact) mass is 224 g/mol. The van der Waals surface area contributed by atoms with Crippen LogP contribution in [0, 0.1) is 0 Å². The number of aryl methyl sites for hydroxylation is 1. The van der Waals surface area contributed by atoms with E-state index in [2.05, 4.69) is 0 Å². The van der Waals surface area contributed by atoms with Crippen molar-refractivity contribution >= 4 is 21.0 Å². The molecule has 0 fully saturated rings. The highest BCUT2D eigenvalue weighted by Gasteiger charge is 2.17. The fourth-order valence-corrected chi connectivity index (χ4v) is 2.25. The van der Waals surface area contributed by atoms with Crippen molar-refractivity contribution in [1.29, 1.82) is 0 Å². The Morgan fingerprint density at radius 3 is 2.53 bits per heavy atom. The smallest absolute Gasteiger partial charge is 0.282 e. The van der Waals surface area contributed by atoms with E-state index in [1.807, 2.05) is 13.1 Å². The molecule has 0 bridgehead atoms. The molecule has 4 nitrogen and oxygen atoms in total. The third kappa shape index (κ3) is 1.71. The molecule has 0 unspecified atom stereocenters. The van der Waals surface area contributed by atoms with Crippen LogP contribution in [-0.2, 0) is 17.2 Å². The number of para-hydroxylation sites is 1. The summed E-state index contributed by atoms with van der Waals surface area (Å²) in [6, 6.07) is 8.40. The second kappa shape index (κ2) is 3.29. The molecule has 1 aromatic heterocycles. The van der Waals surface area contributed by atoms with Gasteiger partial charge in [-0.2, -0.15) is 8.42 Å². The van der Waals surface area contributed by atoms with Gasteiger partial charge in [-0.15, -0.1) is 0 Å². The van der Waals surface area contributed by atoms with Crippen LogP contribution in [-0.4, -0.2) is 13.0 Å². The Morgan fingerprint density at radius 1 is 1.20 bits per heavy atom. The number of fused-ring (bicyclic) bond motifs is 1. The maximum Gasteiger partial charge on any atom is 0.295 e. The fourth-order valence-electron chi connectivity index (χ4n) is 1.56. The Balaban J connectivity index is 2.96. The summed E-state index contributed by atoms with van der Waals surface area (Å²) in [6.07, 6.45) is 1.60. The standard InChI is InChI=1S/C10H9NO3S/c1-11-7-6-10(15(12,13)14)8-4-2-3-5-9(8)11/h2-7H,1H3/p+1. The highest BCUT2D eigenvalue weighted by molar-refractivity contribution is 7.86. The van der Waals surface area contributed by atoms with Crippen molar-refractivity contribution in [2.45, 2.75) is 4.90 Å². The van der Waals surface area contributed by atoms with Gasteiger partial charge in [0.25, 0.3) is 10.1 Å². The first kappa shape index (κ1) is 10.1. The van der Waals surface area contributed by atoms with Gasteiger partial charge >= 0.3 is 0 Å². The van der Waals surface area contributed by atoms with Crippen LogP contribution in [0.25, 0.3) is 10.9 Å². The molecule has 0 spiro atoms. The molecular weight excluding hydrogens is 214 g/mol. The van der Waals surface area contributed by atoms with Crippen LogP contribution >= 0.6 is 0 Å². The van der Waals surface area contributed by atoms with Gasteiger partial charge in [0.15, 0.2) is 6.20 Å². The highest BCUT2D eigenvalue weighted by Crippen LogP contribution is 2.19. The van der Waals surface area contributed by atoms with Gasteiger partial charge in [-0.1, -0.05) is 12.1 Å². The van der Waals surface area contributed by atoms with Crippen molar-refractivity contribution in [3.63, 3.8) is 0 Å². The molecular formula is C10H10NO3S+. The summed E-state index contributed by atoms with van der Waals surface area (Å²) in [5.41, 5.74) is 0.757. The second-order valence-corrected chi connectivity index (χ2v) is 4.67. The summed E-state index contributed by atoms with van der Waals surface area (Å²) >= 11 is 0. The third-order valence-corrected chi connectivity index (χ3v) is 3.19. The zero-order valence-corrected chi connectivity index (χ0v) is 8.90. The molecule has 78 valence electrons. The third-order valence-electron chi connectivity index (χ3n) is 2.28. The van der Waals surface area contributed by atoms with Gasteiger partial charge in [-0.3, -0.25) is 4.55 Å². The van der Waals surface area contributed by atoms with Crippen LogP contribution in [0.1, 0.15) is 0 Å². The Hall–Kier alpha value is -1.46. The number of nitrogens with zero attached hydrogens (tertiary/aromatic N) is 1. The van der Waals surface area contributed by atoms with Crippen molar-refractivity contribution in [3.8, 4) is 0 Å². The Kier molecular flexibility index (Phi) is 2.21. The minimum absolute atomic E-state index is 0.0591. The molecule has 1 heterocycles. The van der Waals surface area contributed by atoms with Gasteiger partial charge in [0.05, 0.1) is 5.39 Å². The van der Waals surface area contributed by atoms with E-state index in [9.17, 15) is 8.42 Å². The van der Waals surface area contributed by atoms with Crippen LogP contribution < -0.4 is 4.57 Å². The predicted octanol–water partition coefficient (Wildman–Crippen LogP) is 0.911. The lowest BCUT2D eigenvalue weighted by molar-refractivity contribution is -0.645. The van der Waals surface area contributed by atoms with Crippen LogP contribution in [0.4, 0.5) is 0 Å². The van der Waals surface area contributed by atoms with Gasteiger partial charge in [-0.25, -0.2) is 4.57 Å². The van der Waals surface area contributed by atoms with Crippen molar-refractivity contribution < 1.29 is 17.5 Å². The van der Waals surface area contributed by atoms with Crippen LogP contribution in [0.2, 0.25) is 0 Å². The fraction of sp³-hybridized carbons (Fsp3) is 0.100. The lowest BCUT2D eigenvalue weighted by Crippen LogP contribution is -2.28. The van der Waals surface area contributed by atoms with E-state index >= 15 is 0 Å². The molecule has 0 radical (unpaired) electrons. The van der Waals surface area contributed by atoms with Crippen molar-refractivity contribution in [2.75, 3.05) is 0 Å². The van der Waals surface area contributed by atoms with Crippen molar-refractivity contribution in [2.24, 2.45) is 7.05 Å². The van der Waals surface area contributed by atoms with E-state index < -0.39 is 10.1 Å². The maximum absolute atomic E-state index is 11.1. The Labute approximate surface area is 87.5 Å². The predicted molar refractivity (Wildman–Crippen MR) is 54.9 cm³/mol. The molecule has 2 aromatic rings. The quantitative estimate of drug-likeness (QED) is 0.578. The topological polar surface area (TPSA) is 58.2 Å².